The molecule has 1 amide bonds. The number of hydrogen-bond acceptors (Lipinski definition) is 4. The number of nitrogens with one attached hydrogen (secondary N) is 2. The molecule has 0 aromatic carbocycles. The Morgan fingerprint density at radius 1 is 1.47 bits per heavy atom. The first-order valence-electron chi connectivity index (χ1n) is 6.46. The number of carbonyl (C=O) groups is 1. The smallest absolute Gasteiger partial charge is 0.234 e. The van der Waals surface area contributed by atoms with E-state index in [1.165, 1.54) is 12.8 Å². The molecule has 0 unspecified atom stereocenters. The third kappa shape index (κ3) is 5.02. The van der Waals surface area contributed by atoms with E-state index in [-0.39, 0.29) is 18.1 Å². The van der Waals surface area contributed by atoms with Crippen molar-refractivity contribution in [2.75, 3.05) is 26.4 Å². The number of amides is 1. The standard InChI is InChI=1S/C12H22N2O3/c1-9(7-17-11-4-5-16-8-11)14-12(15)6-13-10-2-3-10/h9-11,13H,2-8H2,1H3,(H,14,15)/t9-,11+/m0/s1. The zero-order valence-corrected chi connectivity index (χ0v) is 10.4. The SMILES string of the molecule is C[C@@H](CO[C@@H]1CCOC1)NC(=O)CNC1CC1. The molecule has 17 heavy (non-hydrogen) atoms. The van der Waals surface area contributed by atoms with Gasteiger partial charge in [0.25, 0.3) is 0 Å². The minimum atomic E-state index is 0.0515. The zero-order valence-electron chi connectivity index (χ0n) is 10.4. The highest BCUT2D eigenvalue weighted by Crippen LogP contribution is 2.17. The second-order valence-corrected chi connectivity index (χ2v) is 4.94. The molecule has 1 heterocycles. The molecule has 98 valence electrons. The van der Waals surface area contributed by atoms with Crippen LogP contribution in [0.2, 0.25) is 0 Å². The molecule has 1 saturated carbocycles. The summed E-state index contributed by atoms with van der Waals surface area (Å²) in [4.78, 5) is 11.5. The van der Waals surface area contributed by atoms with E-state index in [0.717, 1.165) is 13.0 Å². The van der Waals surface area contributed by atoms with Crippen LogP contribution in [0.5, 0.6) is 0 Å². The van der Waals surface area contributed by atoms with Crippen molar-refractivity contribution in [3.05, 3.63) is 0 Å². The van der Waals surface area contributed by atoms with Gasteiger partial charge in [-0.25, -0.2) is 0 Å². The molecular weight excluding hydrogens is 220 g/mol. The van der Waals surface area contributed by atoms with Crippen molar-refractivity contribution < 1.29 is 14.3 Å². The van der Waals surface area contributed by atoms with E-state index in [1.807, 2.05) is 6.92 Å². The van der Waals surface area contributed by atoms with Gasteiger partial charge in [-0.3, -0.25) is 4.79 Å². The Hall–Kier alpha value is -0.650. The maximum Gasteiger partial charge on any atom is 0.234 e. The van der Waals surface area contributed by atoms with Gasteiger partial charge in [-0.15, -0.1) is 0 Å². The predicted molar refractivity (Wildman–Crippen MR) is 63.8 cm³/mol. The maximum absolute atomic E-state index is 11.5. The van der Waals surface area contributed by atoms with E-state index in [0.29, 0.717) is 25.8 Å². The fraction of sp³-hybridized carbons (Fsp3) is 0.917. The second-order valence-electron chi connectivity index (χ2n) is 4.94. The van der Waals surface area contributed by atoms with E-state index in [2.05, 4.69) is 10.6 Å². The largest absolute Gasteiger partial charge is 0.379 e. The lowest BCUT2D eigenvalue weighted by Crippen LogP contribution is -2.42. The Kier molecular flexibility index (Phi) is 4.76. The van der Waals surface area contributed by atoms with Crippen molar-refractivity contribution in [3.63, 3.8) is 0 Å². The van der Waals surface area contributed by atoms with Gasteiger partial charge in [0.05, 0.1) is 25.9 Å². The second kappa shape index (κ2) is 6.33. The highest BCUT2D eigenvalue weighted by atomic mass is 16.5. The molecule has 5 nitrogen and oxygen atoms in total. The van der Waals surface area contributed by atoms with E-state index < -0.39 is 0 Å². The Bertz CT molecular complexity index is 250. The molecule has 2 aliphatic rings. The van der Waals surface area contributed by atoms with Crippen LogP contribution in [-0.2, 0) is 14.3 Å². The quantitative estimate of drug-likeness (QED) is 0.662. The average Bonchev–Trinajstić information content (AvgIpc) is 2.99. The minimum absolute atomic E-state index is 0.0515. The van der Waals surface area contributed by atoms with Gasteiger partial charge in [0.15, 0.2) is 0 Å². The van der Waals surface area contributed by atoms with Crippen LogP contribution in [0.4, 0.5) is 0 Å². The van der Waals surface area contributed by atoms with Crippen molar-refractivity contribution in [1.82, 2.24) is 10.6 Å². The Balaban J connectivity index is 1.52. The maximum atomic E-state index is 11.5. The molecule has 2 N–H and O–H groups in total. The van der Waals surface area contributed by atoms with Crippen molar-refractivity contribution >= 4 is 5.91 Å². The van der Waals surface area contributed by atoms with Crippen LogP contribution in [0, 0.1) is 0 Å². The van der Waals surface area contributed by atoms with Crippen LogP contribution in [0.25, 0.3) is 0 Å². The third-order valence-electron chi connectivity index (χ3n) is 3.01. The monoisotopic (exact) mass is 242 g/mol. The first-order valence-corrected chi connectivity index (χ1v) is 6.46. The van der Waals surface area contributed by atoms with E-state index in [4.69, 9.17) is 9.47 Å². The lowest BCUT2D eigenvalue weighted by atomic mass is 10.3. The molecule has 1 saturated heterocycles. The minimum Gasteiger partial charge on any atom is -0.379 e. The number of carbonyl (C=O) groups excluding carboxylic acids is 1. The third-order valence-corrected chi connectivity index (χ3v) is 3.01. The first kappa shape index (κ1) is 12.8. The van der Waals surface area contributed by atoms with Crippen molar-refractivity contribution in [3.8, 4) is 0 Å². The van der Waals surface area contributed by atoms with E-state index in [1.54, 1.807) is 0 Å². The molecule has 2 atom stereocenters. The summed E-state index contributed by atoms with van der Waals surface area (Å²) in [5.41, 5.74) is 0. The predicted octanol–water partition coefficient (Wildman–Crippen LogP) is 0.0486. The number of ether oxygens (including phenoxy) is 2. The summed E-state index contributed by atoms with van der Waals surface area (Å²) in [6.45, 7) is 4.41. The molecule has 0 aromatic heterocycles. The van der Waals surface area contributed by atoms with Gasteiger partial charge in [-0.2, -0.15) is 0 Å². The van der Waals surface area contributed by atoms with Gasteiger partial charge in [0.2, 0.25) is 5.91 Å². The highest BCUT2D eigenvalue weighted by molar-refractivity contribution is 5.78. The average molecular weight is 242 g/mol. The molecule has 1 aliphatic carbocycles. The Labute approximate surface area is 102 Å². The molecule has 2 rings (SSSR count). The van der Waals surface area contributed by atoms with Crippen LogP contribution in [0.3, 0.4) is 0 Å². The van der Waals surface area contributed by atoms with Gasteiger partial charge < -0.3 is 20.1 Å². The van der Waals surface area contributed by atoms with Crippen LogP contribution >= 0.6 is 0 Å². The summed E-state index contributed by atoms with van der Waals surface area (Å²) < 4.78 is 10.9. The number of hydrogen-bond donors (Lipinski definition) is 2. The lowest BCUT2D eigenvalue weighted by Gasteiger charge is -2.17. The molecule has 0 radical (unpaired) electrons. The van der Waals surface area contributed by atoms with Crippen LogP contribution in [0.1, 0.15) is 26.2 Å². The van der Waals surface area contributed by atoms with E-state index in [9.17, 15) is 4.79 Å². The highest BCUT2D eigenvalue weighted by Gasteiger charge is 2.22. The van der Waals surface area contributed by atoms with Gasteiger partial charge in [-0.1, -0.05) is 0 Å². The summed E-state index contributed by atoms with van der Waals surface area (Å²) >= 11 is 0. The van der Waals surface area contributed by atoms with Crippen molar-refractivity contribution in [2.24, 2.45) is 0 Å². The van der Waals surface area contributed by atoms with Crippen LogP contribution in [-0.4, -0.2) is 50.5 Å². The van der Waals surface area contributed by atoms with Gasteiger partial charge >= 0.3 is 0 Å². The molecule has 5 heteroatoms. The van der Waals surface area contributed by atoms with Gasteiger partial charge in [0, 0.05) is 18.7 Å². The Morgan fingerprint density at radius 2 is 2.29 bits per heavy atom. The summed E-state index contributed by atoms with van der Waals surface area (Å²) in [6.07, 6.45) is 3.57. The fourth-order valence-electron chi connectivity index (χ4n) is 1.82. The lowest BCUT2D eigenvalue weighted by molar-refractivity contribution is -0.121. The summed E-state index contributed by atoms with van der Waals surface area (Å²) in [5, 5.41) is 6.11. The number of rotatable bonds is 7. The molecule has 1 aliphatic heterocycles. The normalized spacial score (nSPS) is 25.8. The topological polar surface area (TPSA) is 59.6 Å². The van der Waals surface area contributed by atoms with Crippen molar-refractivity contribution in [2.45, 2.75) is 44.4 Å². The summed E-state index contributed by atoms with van der Waals surface area (Å²) in [5.74, 6) is 0.0515. The molecule has 2 fully saturated rings. The van der Waals surface area contributed by atoms with Gasteiger partial charge in [-0.05, 0) is 26.2 Å². The van der Waals surface area contributed by atoms with Crippen LogP contribution < -0.4 is 10.6 Å². The van der Waals surface area contributed by atoms with Crippen LogP contribution in [0.15, 0.2) is 0 Å². The van der Waals surface area contributed by atoms with Crippen molar-refractivity contribution in [1.29, 1.82) is 0 Å². The molecule has 0 spiro atoms. The summed E-state index contributed by atoms with van der Waals surface area (Å²) in [6, 6.07) is 0.632. The molecule has 0 aromatic rings. The molecule has 0 bridgehead atoms. The van der Waals surface area contributed by atoms with Gasteiger partial charge in [0.1, 0.15) is 0 Å². The Morgan fingerprint density at radius 3 is 2.94 bits per heavy atom. The fourth-order valence-corrected chi connectivity index (χ4v) is 1.82. The first-order chi connectivity index (χ1) is 8.24. The van der Waals surface area contributed by atoms with E-state index >= 15 is 0 Å². The molecular formula is C12H22N2O3. The zero-order chi connectivity index (χ0) is 12.1. The summed E-state index contributed by atoms with van der Waals surface area (Å²) in [7, 11) is 0.